The van der Waals surface area contributed by atoms with Crippen molar-refractivity contribution >= 4 is 0 Å². The van der Waals surface area contributed by atoms with Gasteiger partial charge in [-0.05, 0) is 25.7 Å². The molecule has 1 rings (SSSR count). The second kappa shape index (κ2) is 3.89. The third-order valence-electron chi connectivity index (χ3n) is 1.68. The van der Waals surface area contributed by atoms with Crippen molar-refractivity contribution in [2.24, 2.45) is 0 Å². The van der Waals surface area contributed by atoms with E-state index in [2.05, 4.69) is 13.3 Å². The molecule has 1 heterocycles. The van der Waals surface area contributed by atoms with Crippen LogP contribution >= 0.6 is 0 Å². The summed E-state index contributed by atoms with van der Waals surface area (Å²) in [5, 5.41) is 0. The van der Waals surface area contributed by atoms with E-state index < -0.39 is 0 Å². The van der Waals surface area contributed by atoms with Gasteiger partial charge in [-0.25, -0.2) is 0 Å². The van der Waals surface area contributed by atoms with E-state index in [4.69, 9.17) is 4.74 Å². The summed E-state index contributed by atoms with van der Waals surface area (Å²) >= 11 is 0. The van der Waals surface area contributed by atoms with Crippen molar-refractivity contribution in [3.05, 3.63) is 6.42 Å². The highest BCUT2D eigenvalue weighted by Gasteiger charge is 2.13. The van der Waals surface area contributed by atoms with Crippen LogP contribution in [-0.2, 0) is 4.74 Å². The molecule has 1 aliphatic heterocycles. The van der Waals surface area contributed by atoms with Gasteiger partial charge in [-0.15, -0.1) is 0 Å². The maximum absolute atomic E-state index is 5.40. The fourth-order valence-corrected chi connectivity index (χ4v) is 1.14. The second-order valence-corrected chi connectivity index (χ2v) is 2.58. The normalized spacial score (nSPS) is 27.0. The van der Waals surface area contributed by atoms with E-state index in [-0.39, 0.29) is 0 Å². The Morgan fingerprint density at radius 3 is 3.11 bits per heavy atom. The van der Waals surface area contributed by atoms with E-state index in [0.717, 1.165) is 6.61 Å². The van der Waals surface area contributed by atoms with Gasteiger partial charge in [-0.2, -0.15) is 0 Å². The number of rotatable bonds is 3. The minimum atomic E-state index is 0.491. The molecular formula is C8H15O. The molecule has 1 atom stereocenters. The quantitative estimate of drug-likeness (QED) is 0.564. The molecule has 9 heavy (non-hydrogen) atoms. The predicted molar refractivity (Wildman–Crippen MR) is 38.2 cm³/mol. The van der Waals surface area contributed by atoms with Crippen LogP contribution in [0.5, 0.6) is 0 Å². The molecule has 0 aromatic heterocycles. The summed E-state index contributed by atoms with van der Waals surface area (Å²) in [6.07, 6.45) is 7.76. The Kier molecular flexibility index (Phi) is 3.05. The summed E-state index contributed by atoms with van der Waals surface area (Å²) in [7, 11) is 0. The van der Waals surface area contributed by atoms with Crippen LogP contribution in [0, 0.1) is 6.42 Å². The zero-order chi connectivity index (χ0) is 6.53. The van der Waals surface area contributed by atoms with Crippen LogP contribution in [0.3, 0.4) is 0 Å². The first-order valence-corrected chi connectivity index (χ1v) is 3.88. The van der Waals surface area contributed by atoms with Gasteiger partial charge in [0.2, 0.25) is 0 Å². The summed E-state index contributed by atoms with van der Waals surface area (Å²) in [5.74, 6) is 0. The molecule has 0 aliphatic carbocycles. The molecule has 0 amide bonds. The van der Waals surface area contributed by atoms with Crippen LogP contribution < -0.4 is 0 Å². The molecule has 0 saturated carbocycles. The molecular weight excluding hydrogens is 112 g/mol. The Labute approximate surface area is 57.4 Å². The minimum absolute atomic E-state index is 0.491. The van der Waals surface area contributed by atoms with Crippen molar-refractivity contribution in [2.75, 3.05) is 6.61 Å². The summed E-state index contributed by atoms with van der Waals surface area (Å²) in [6.45, 7) is 3.18. The van der Waals surface area contributed by atoms with Gasteiger partial charge in [-0.1, -0.05) is 13.3 Å². The van der Waals surface area contributed by atoms with Crippen LogP contribution in [-0.4, -0.2) is 12.7 Å². The zero-order valence-corrected chi connectivity index (χ0v) is 6.10. The third-order valence-corrected chi connectivity index (χ3v) is 1.68. The minimum Gasteiger partial charge on any atom is -0.378 e. The van der Waals surface area contributed by atoms with Crippen LogP contribution in [0.4, 0.5) is 0 Å². The zero-order valence-electron chi connectivity index (χ0n) is 6.10. The maximum atomic E-state index is 5.40. The molecule has 1 nitrogen and oxygen atoms in total. The summed E-state index contributed by atoms with van der Waals surface area (Å²) in [6, 6.07) is 0. The Morgan fingerprint density at radius 2 is 2.56 bits per heavy atom. The lowest BCUT2D eigenvalue weighted by Crippen LogP contribution is -2.04. The smallest absolute Gasteiger partial charge is 0.0607 e. The van der Waals surface area contributed by atoms with Crippen molar-refractivity contribution in [3.8, 4) is 0 Å². The van der Waals surface area contributed by atoms with Gasteiger partial charge in [0, 0.05) is 6.61 Å². The summed E-state index contributed by atoms with van der Waals surface area (Å²) < 4.78 is 5.40. The number of ether oxygens (including phenoxy) is 1. The van der Waals surface area contributed by atoms with Crippen molar-refractivity contribution < 1.29 is 4.74 Å². The maximum Gasteiger partial charge on any atom is 0.0607 e. The predicted octanol–water partition coefficient (Wildman–Crippen LogP) is 2.17. The number of hydrogen-bond acceptors (Lipinski definition) is 1. The van der Waals surface area contributed by atoms with Gasteiger partial charge in [-0.3, -0.25) is 0 Å². The van der Waals surface area contributed by atoms with Crippen LogP contribution in [0.2, 0.25) is 0 Å². The molecule has 1 aliphatic rings. The molecule has 1 heteroatoms. The Hall–Kier alpha value is -0.0400. The first kappa shape index (κ1) is 7.07. The second-order valence-electron chi connectivity index (χ2n) is 2.58. The summed E-state index contributed by atoms with van der Waals surface area (Å²) in [5.41, 5.74) is 0. The van der Waals surface area contributed by atoms with E-state index in [0.29, 0.717) is 6.10 Å². The van der Waals surface area contributed by atoms with E-state index in [1.165, 1.54) is 25.7 Å². The molecule has 1 fully saturated rings. The van der Waals surface area contributed by atoms with E-state index in [1.54, 1.807) is 0 Å². The summed E-state index contributed by atoms with van der Waals surface area (Å²) in [4.78, 5) is 0. The van der Waals surface area contributed by atoms with Crippen molar-refractivity contribution in [1.29, 1.82) is 0 Å². The van der Waals surface area contributed by atoms with E-state index in [9.17, 15) is 0 Å². The lowest BCUT2D eigenvalue weighted by atomic mass is 10.1. The van der Waals surface area contributed by atoms with Gasteiger partial charge >= 0.3 is 0 Å². The number of hydrogen-bond donors (Lipinski definition) is 0. The lowest BCUT2D eigenvalue weighted by Gasteiger charge is -2.05. The number of unbranched alkanes of at least 4 members (excludes halogenated alkanes) is 1. The monoisotopic (exact) mass is 127 g/mol. The lowest BCUT2D eigenvalue weighted by molar-refractivity contribution is 0.131. The topological polar surface area (TPSA) is 9.23 Å². The first-order valence-electron chi connectivity index (χ1n) is 3.88. The SMILES string of the molecule is CCC[CH][C@@H]1CCCO1. The average molecular weight is 127 g/mol. The molecule has 53 valence electrons. The van der Waals surface area contributed by atoms with E-state index >= 15 is 0 Å². The van der Waals surface area contributed by atoms with Crippen molar-refractivity contribution in [2.45, 2.75) is 38.7 Å². The first-order chi connectivity index (χ1) is 4.43. The van der Waals surface area contributed by atoms with Crippen LogP contribution in [0.1, 0.15) is 32.6 Å². The largest absolute Gasteiger partial charge is 0.378 e. The van der Waals surface area contributed by atoms with Crippen LogP contribution in [0.15, 0.2) is 0 Å². The molecule has 0 bridgehead atoms. The third kappa shape index (κ3) is 2.35. The molecule has 0 unspecified atom stereocenters. The standard InChI is InChI=1S/C8H15O/c1-2-3-5-8-6-4-7-9-8/h5,8H,2-4,6-7H2,1H3/t8-/m1/s1. The molecule has 0 aromatic rings. The Bertz CT molecular complexity index is 65.0. The van der Waals surface area contributed by atoms with E-state index in [1.807, 2.05) is 0 Å². The average Bonchev–Trinajstić information content (AvgIpc) is 2.34. The van der Waals surface area contributed by atoms with Gasteiger partial charge < -0.3 is 4.74 Å². The Balaban J connectivity index is 1.98. The molecule has 0 aromatic carbocycles. The highest BCUT2D eigenvalue weighted by atomic mass is 16.5. The van der Waals surface area contributed by atoms with Crippen molar-refractivity contribution in [3.63, 3.8) is 0 Å². The van der Waals surface area contributed by atoms with Crippen molar-refractivity contribution in [1.82, 2.24) is 0 Å². The highest BCUT2D eigenvalue weighted by Crippen LogP contribution is 2.16. The molecule has 0 spiro atoms. The molecule has 1 saturated heterocycles. The Morgan fingerprint density at radius 1 is 1.67 bits per heavy atom. The molecule has 0 N–H and O–H groups in total. The van der Waals surface area contributed by atoms with Gasteiger partial charge in [0.15, 0.2) is 0 Å². The fraction of sp³-hybridized carbons (Fsp3) is 0.875. The van der Waals surface area contributed by atoms with Gasteiger partial charge in [0.1, 0.15) is 0 Å². The fourth-order valence-electron chi connectivity index (χ4n) is 1.14. The van der Waals surface area contributed by atoms with Crippen LogP contribution in [0.25, 0.3) is 0 Å². The van der Waals surface area contributed by atoms with Gasteiger partial charge in [0.05, 0.1) is 6.10 Å². The molecule has 1 radical (unpaired) electrons. The highest BCUT2D eigenvalue weighted by molar-refractivity contribution is 4.79. The van der Waals surface area contributed by atoms with Gasteiger partial charge in [0.25, 0.3) is 0 Å².